The SMILES string of the molecule is CC(=O)N1C=Cc2ccccc2C1CC(=O)N1CCC(C(=O)O)(C(F)(F)F)C1. The van der Waals surface area contributed by atoms with Crippen molar-refractivity contribution in [3.63, 3.8) is 0 Å². The first-order valence-corrected chi connectivity index (χ1v) is 8.71. The minimum absolute atomic E-state index is 0.228. The fourth-order valence-corrected chi connectivity index (χ4v) is 3.76. The summed E-state index contributed by atoms with van der Waals surface area (Å²) in [6.07, 6.45) is -2.60. The maximum Gasteiger partial charge on any atom is 0.406 e. The van der Waals surface area contributed by atoms with Gasteiger partial charge in [-0.25, -0.2) is 0 Å². The molecule has 2 heterocycles. The van der Waals surface area contributed by atoms with E-state index in [1.165, 1.54) is 11.8 Å². The van der Waals surface area contributed by atoms with Gasteiger partial charge in [0.2, 0.25) is 11.8 Å². The maximum atomic E-state index is 13.3. The largest absolute Gasteiger partial charge is 0.481 e. The molecule has 1 aromatic rings. The zero-order chi connectivity index (χ0) is 20.7. The smallest absolute Gasteiger partial charge is 0.406 e. The zero-order valence-electron chi connectivity index (χ0n) is 15.1. The molecule has 1 fully saturated rings. The van der Waals surface area contributed by atoms with E-state index in [2.05, 4.69) is 0 Å². The van der Waals surface area contributed by atoms with E-state index in [0.29, 0.717) is 5.56 Å². The summed E-state index contributed by atoms with van der Waals surface area (Å²) in [6.45, 7) is 0.120. The van der Waals surface area contributed by atoms with E-state index in [9.17, 15) is 27.6 Å². The van der Waals surface area contributed by atoms with E-state index < -0.39 is 42.5 Å². The van der Waals surface area contributed by atoms with Crippen LogP contribution in [0.1, 0.15) is 36.9 Å². The molecule has 0 aliphatic carbocycles. The van der Waals surface area contributed by atoms with Crippen LogP contribution in [-0.4, -0.2) is 52.0 Å². The van der Waals surface area contributed by atoms with Crippen molar-refractivity contribution in [2.24, 2.45) is 5.41 Å². The summed E-state index contributed by atoms with van der Waals surface area (Å²) >= 11 is 0. The number of aliphatic carboxylic acids is 1. The number of hydrogen-bond donors (Lipinski definition) is 1. The molecule has 2 amide bonds. The minimum atomic E-state index is -4.96. The highest BCUT2D eigenvalue weighted by atomic mass is 19.4. The second kappa shape index (κ2) is 6.96. The minimum Gasteiger partial charge on any atom is -0.481 e. The number of benzene rings is 1. The Morgan fingerprint density at radius 3 is 2.50 bits per heavy atom. The number of carbonyl (C=O) groups excluding carboxylic acids is 2. The predicted molar refractivity (Wildman–Crippen MR) is 92.7 cm³/mol. The van der Waals surface area contributed by atoms with E-state index in [4.69, 9.17) is 5.11 Å². The summed E-state index contributed by atoms with van der Waals surface area (Å²) in [6, 6.07) is 6.47. The average molecular weight is 396 g/mol. The van der Waals surface area contributed by atoms with Crippen LogP contribution in [0.5, 0.6) is 0 Å². The summed E-state index contributed by atoms with van der Waals surface area (Å²) in [4.78, 5) is 38.3. The Morgan fingerprint density at radius 1 is 1.25 bits per heavy atom. The summed E-state index contributed by atoms with van der Waals surface area (Å²) < 4.78 is 40.0. The monoisotopic (exact) mass is 396 g/mol. The molecule has 2 aliphatic rings. The lowest BCUT2D eigenvalue weighted by Crippen LogP contribution is -2.48. The maximum absolute atomic E-state index is 13.3. The summed E-state index contributed by atoms with van der Waals surface area (Å²) in [7, 11) is 0. The van der Waals surface area contributed by atoms with Crippen LogP contribution in [0.2, 0.25) is 0 Å². The third-order valence-corrected chi connectivity index (χ3v) is 5.41. The molecule has 0 aromatic heterocycles. The van der Waals surface area contributed by atoms with E-state index in [1.807, 2.05) is 6.07 Å². The second-order valence-corrected chi connectivity index (χ2v) is 7.04. The van der Waals surface area contributed by atoms with E-state index in [0.717, 1.165) is 10.5 Å². The number of likely N-dealkylation sites (tertiary alicyclic amines) is 1. The molecule has 0 radical (unpaired) electrons. The van der Waals surface area contributed by atoms with Crippen LogP contribution in [0.3, 0.4) is 0 Å². The molecule has 0 saturated carbocycles. The van der Waals surface area contributed by atoms with E-state index in [-0.39, 0.29) is 18.9 Å². The van der Waals surface area contributed by atoms with Crippen molar-refractivity contribution >= 4 is 23.9 Å². The van der Waals surface area contributed by atoms with Crippen LogP contribution < -0.4 is 0 Å². The molecular weight excluding hydrogens is 377 g/mol. The fraction of sp³-hybridized carbons (Fsp3) is 0.421. The van der Waals surface area contributed by atoms with Crippen molar-refractivity contribution in [2.45, 2.75) is 32.0 Å². The van der Waals surface area contributed by atoms with Crippen molar-refractivity contribution in [3.05, 3.63) is 41.6 Å². The van der Waals surface area contributed by atoms with Crippen LogP contribution in [0, 0.1) is 5.41 Å². The summed E-state index contributed by atoms with van der Waals surface area (Å²) in [5.74, 6) is -2.90. The molecular formula is C19H19F3N2O4. The number of alkyl halides is 3. The molecule has 150 valence electrons. The van der Waals surface area contributed by atoms with Gasteiger partial charge in [-0.15, -0.1) is 0 Å². The highest BCUT2D eigenvalue weighted by Crippen LogP contribution is 2.46. The van der Waals surface area contributed by atoms with Gasteiger partial charge in [0, 0.05) is 26.2 Å². The molecule has 6 nitrogen and oxygen atoms in total. The van der Waals surface area contributed by atoms with Gasteiger partial charge in [0.1, 0.15) is 0 Å². The Bertz CT molecular complexity index is 852. The lowest BCUT2D eigenvalue weighted by molar-refractivity contribution is -0.227. The normalized spacial score (nSPS) is 24.2. The predicted octanol–water partition coefficient (Wildman–Crippen LogP) is 2.82. The number of rotatable bonds is 3. The number of amides is 2. The van der Waals surface area contributed by atoms with Gasteiger partial charge >= 0.3 is 12.1 Å². The van der Waals surface area contributed by atoms with Gasteiger partial charge in [0.05, 0.1) is 12.5 Å². The van der Waals surface area contributed by atoms with Gasteiger partial charge in [0.15, 0.2) is 5.41 Å². The van der Waals surface area contributed by atoms with Crippen LogP contribution in [0.4, 0.5) is 13.2 Å². The molecule has 2 atom stereocenters. The number of carboxylic acid groups (broad SMARTS) is 1. The Hall–Kier alpha value is -2.84. The molecule has 1 aromatic carbocycles. The molecule has 28 heavy (non-hydrogen) atoms. The molecule has 9 heteroatoms. The van der Waals surface area contributed by atoms with Crippen LogP contribution in [0.25, 0.3) is 6.08 Å². The number of carbonyl (C=O) groups is 3. The number of fused-ring (bicyclic) bond motifs is 1. The van der Waals surface area contributed by atoms with Gasteiger partial charge in [-0.3, -0.25) is 14.4 Å². The Balaban J connectivity index is 1.83. The van der Waals surface area contributed by atoms with Crippen LogP contribution >= 0.6 is 0 Å². The van der Waals surface area contributed by atoms with E-state index in [1.54, 1.807) is 30.5 Å². The lowest BCUT2D eigenvalue weighted by Gasteiger charge is -2.33. The highest BCUT2D eigenvalue weighted by Gasteiger charge is 2.64. The number of hydrogen-bond acceptors (Lipinski definition) is 3. The third-order valence-electron chi connectivity index (χ3n) is 5.41. The molecule has 2 aliphatic heterocycles. The van der Waals surface area contributed by atoms with Crippen molar-refractivity contribution in [1.82, 2.24) is 9.80 Å². The van der Waals surface area contributed by atoms with Gasteiger partial charge in [-0.1, -0.05) is 24.3 Å². The van der Waals surface area contributed by atoms with Crippen molar-refractivity contribution in [3.8, 4) is 0 Å². The lowest BCUT2D eigenvalue weighted by atomic mass is 9.86. The van der Waals surface area contributed by atoms with Crippen LogP contribution in [0.15, 0.2) is 30.5 Å². The van der Waals surface area contributed by atoms with Gasteiger partial charge in [-0.05, 0) is 23.6 Å². The molecule has 0 bridgehead atoms. The molecule has 3 rings (SSSR count). The van der Waals surface area contributed by atoms with Crippen molar-refractivity contribution in [1.29, 1.82) is 0 Å². The quantitative estimate of drug-likeness (QED) is 0.852. The number of carboxylic acids is 1. The van der Waals surface area contributed by atoms with Gasteiger partial charge in [0.25, 0.3) is 0 Å². The standard InChI is InChI=1S/C19H19F3N2O4/c1-12(25)24-8-6-13-4-2-3-5-14(13)15(24)10-16(26)23-9-7-18(11-23,17(27)28)19(20,21)22/h2-6,8,15H,7,9-11H2,1H3,(H,27,28). The molecule has 2 unspecified atom stereocenters. The Morgan fingerprint density at radius 2 is 1.93 bits per heavy atom. The van der Waals surface area contributed by atoms with Crippen LogP contribution in [-0.2, 0) is 14.4 Å². The Kier molecular flexibility index (Phi) is 4.95. The molecule has 1 saturated heterocycles. The highest BCUT2D eigenvalue weighted by molar-refractivity contribution is 5.84. The zero-order valence-corrected chi connectivity index (χ0v) is 15.1. The second-order valence-electron chi connectivity index (χ2n) is 7.04. The summed E-state index contributed by atoms with van der Waals surface area (Å²) in [5.41, 5.74) is -1.42. The first kappa shape index (κ1) is 19.9. The number of nitrogens with zero attached hydrogens (tertiary/aromatic N) is 2. The van der Waals surface area contributed by atoms with Crippen molar-refractivity contribution < 1.29 is 32.7 Å². The first-order valence-electron chi connectivity index (χ1n) is 8.71. The first-order chi connectivity index (χ1) is 13.1. The third kappa shape index (κ3) is 3.25. The van der Waals surface area contributed by atoms with Gasteiger partial charge < -0.3 is 14.9 Å². The number of halogens is 3. The van der Waals surface area contributed by atoms with E-state index >= 15 is 0 Å². The Labute approximate surface area is 159 Å². The van der Waals surface area contributed by atoms with Gasteiger partial charge in [-0.2, -0.15) is 13.2 Å². The molecule has 0 spiro atoms. The molecule has 1 N–H and O–H groups in total. The average Bonchev–Trinajstić information content (AvgIpc) is 3.08. The topological polar surface area (TPSA) is 77.9 Å². The van der Waals surface area contributed by atoms with Crippen molar-refractivity contribution in [2.75, 3.05) is 13.1 Å². The summed E-state index contributed by atoms with van der Waals surface area (Å²) in [5, 5.41) is 9.15. The fourth-order valence-electron chi connectivity index (χ4n) is 3.76.